The number of carbonyl (C=O) groups is 6. The van der Waals surface area contributed by atoms with E-state index in [9.17, 15) is 28.8 Å². The van der Waals surface area contributed by atoms with Crippen molar-refractivity contribution < 1.29 is 28.8 Å². The molecule has 3 rings (SSSR count). The van der Waals surface area contributed by atoms with E-state index in [0.717, 1.165) is 56.9 Å². The quantitative estimate of drug-likeness (QED) is 0.0878. The second kappa shape index (κ2) is 27.0. The maximum Gasteiger partial charge on any atom is 0.246 e. The number of hydrogen-bond donors (Lipinski definition) is 3. The summed E-state index contributed by atoms with van der Waals surface area (Å²) in [6, 6.07) is 6.72. The summed E-state index contributed by atoms with van der Waals surface area (Å²) in [7, 11) is 5.55. The lowest BCUT2D eigenvalue weighted by Crippen LogP contribution is -2.58. The van der Waals surface area contributed by atoms with E-state index in [-0.39, 0.29) is 89.6 Å². The van der Waals surface area contributed by atoms with E-state index in [1.165, 1.54) is 6.42 Å². The predicted molar refractivity (Wildman–Crippen MR) is 261 cm³/mol. The van der Waals surface area contributed by atoms with Crippen LogP contribution in [0.1, 0.15) is 145 Å². The molecule has 2 aliphatic rings. The van der Waals surface area contributed by atoms with E-state index in [1.807, 2.05) is 103 Å². The molecular formula is C52H89N7O6. The van der Waals surface area contributed by atoms with Gasteiger partial charge in [0.15, 0.2) is 0 Å². The highest BCUT2D eigenvalue weighted by molar-refractivity contribution is 5.93. The zero-order chi connectivity index (χ0) is 48.5. The second-order valence-corrected chi connectivity index (χ2v) is 20.5. The molecule has 2 saturated heterocycles. The van der Waals surface area contributed by atoms with E-state index in [1.54, 1.807) is 16.8 Å². The third-order valence-corrected chi connectivity index (χ3v) is 14.5. The minimum Gasteiger partial charge on any atom is -0.354 e. The Hall–Kier alpha value is -4.00. The minimum atomic E-state index is -0.852. The zero-order valence-corrected chi connectivity index (χ0v) is 42.7. The van der Waals surface area contributed by atoms with E-state index in [4.69, 9.17) is 0 Å². The largest absolute Gasteiger partial charge is 0.354 e. The number of nitrogens with one attached hydrogen (secondary N) is 3. The Kier molecular flexibility index (Phi) is 23.0. The number of likely N-dealkylation sites (N-methyl/N-ethyl adjacent to an activating group) is 2. The van der Waals surface area contributed by atoms with Crippen molar-refractivity contribution in [3.8, 4) is 0 Å². The van der Waals surface area contributed by atoms with Gasteiger partial charge in [-0.3, -0.25) is 33.7 Å². The molecule has 0 saturated carbocycles. The summed E-state index contributed by atoms with van der Waals surface area (Å²) in [6.07, 6.45) is 9.71. The van der Waals surface area contributed by atoms with Crippen molar-refractivity contribution in [2.45, 2.75) is 183 Å². The number of likely N-dealkylation sites (tertiary alicyclic amines) is 2. The van der Waals surface area contributed by atoms with E-state index in [2.05, 4.69) is 36.7 Å². The van der Waals surface area contributed by atoms with Gasteiger partial charge in [0.05, 0.1) is 6.04 Å². The molecule has 0 spiro atoms. The van der Waals surface area contributed by atoms with Crippen molar-refractivity contribution in [1.29, 1.82) is 0 Å². The molecule has 2 aliphatic heterocycles. The fourth-order valence-electron chi connectivity index (χ4n) is 10.5. The molecule has 65 heavy (non-hydrogen) atoms. The Morgan fingerprint density at radius 3 is 1.97 bits per heavy atom. The highest BCUT2D eigenvalue weighted by atomic mass is 16.2. The standard InChI is InChI=1S/C52H89N7O6/c1-14-16-17-18-22-29-53-49(62)43-28-24-31-59(43)51(64)41(33-40-25-20-19-21-26-40)54-48(61)39(10)38(9)42-27-23-30-58(42)44(60)32-37(8)47(36(7)15-2)57(13)52(65)45(34(3)4)55-50(63)46(35(5)6)56(11)12/h19-21,25-26,34-39,41-43,45-47H,14-18,22-24,27-33H2,1-13H3,(H,53,62)(H,54,61)(H,55,63)/t36?,37?,38?,39?,41-,42?,43+,45-,46?,47?/m0/s1. The summed E-state index contributed by atoms with van der Waals surface area (Å²) in [5.74, 6) is -1.83. The Labute approximate surface area is 393 Å². The summed E-state index contributed by atoms with van der Waals surface area (Å²) in [5.41, 5.74) is 0.914. The van der Waals surface area contributed by atoms with Gasteiger partial charge in [-0.05, 0) is 81.4 Å². The van der Waals surface area contributed by atoms with Crippen LogP contribution in [0.4, 0.5) is 0 Å². The number of unbranched alkanes of at least 4 members (excludes halogenated alkanes) is 4. The first-order valence-electron chi connectivity index (χ1n) is 25.2. The monoisotopic (exact) mass is 908 g/mol. The zero-order valence-electron chi connectivity index (χ0n) is 42.7. The van der Waals surface area contributed by atoms with Crippen LogP contribution >= 0.6 is 0 Å². The summed E-state index contributed by atoms with van der Waals surface area (Å²) in [6.45, 7) is 21.9. The number of carbonyl (C=O) groups excluding carboxylic acids is 6. The molecule has 13 nitrogen and oxygen atoms in total. The first-order chi connectivity index (χ1) is 30.8. The Balaban J connectivity index is 1.74. The van der Waals surface area contributed by atoms with Gasteiger partial charge in [0, 0.05) is 57.5 Å². The highest BCUT2D eigenvalue weighted by Crippen LogP contribution is 2.32. The van der Waals surface area contributed by atoms with Crippen LogP contribution in [0.2, 0.25) is 0 Å². The Morgan fingerprint density at radius 1 is 0.738 bits per heavy atom. The molecule has 0 radical (unpaired) electrons. The summed E-state index contributed by atoms with van der Waals surface area (Å²) in [5, 5.41) is 9.27. The van der Waals surface area contributed by atoms with E-state index < -0.39 is 24.0 Å². The van der Waals surface area contributed by atoms with Gasteiger partial charge < -0.3 is 30.7 Å². The van der Waals surface area contributed by atoms with E-state index in [0.29, 0.717) is 32.5 Å². The van der Waals surface area contributed by atoms with Gasteiger partial charge in [-0.15, -0.1) is 0 Å². The lowest BCUT2D eigenvalue weighted by atomic mass is 9.84. The van der Waals surface area contributed by atoms with Crippen LogP contribution in [0.15, 0.2) is 30.3 Å². The number of benzene rings is 1. The maximum absolute atomic E-state index is 14.4. The highest BCUT2D eigenvalue weighted by Gasteiger charge is 2.42. The Morgan fingerprint density at radius 2 is 1.37 bits per heavy atom. The molecule has 368 valence electrons. The fraction of sp³-hybridized carbons (Fsp3) is 0.769. The van der Waals surface area contributed by atoms with Crippen LogP contribution < -0.4 is 16.0 Å². The van der Waals surface area contributed by atoms with Crippen LogP contribution in [-0.2, 0) is 35.2 Å². The third-order valence-electron chi connectivity index (χ3n) is 14.5. The molecule has 0 bridgehead atoms. The Bertz CT molecular complexity index is 1660. The summed E-state index contributed by atoms with van der Waals surface area (Å²) >= 11 is 0. The summed E-state index contributed by atoms with van der Waals surface area (Å²) in [4.78, 5) is 91.5. The van der Waals surface area contributed by atoms with Gasteiger partial charge in [0.25, 0.3) is 0 Å². The topological polar surface area (TPSA) is 151 Å². The SMILES string of the molecule is CCCCCCCNC(=O)[C@H]1CCCN1C(=O)[C@H](Cc1ccccc1)NC(=O)C(C)C(C)C1CCCN1C(=O)CC(C)C(C(C)CC)N(C)C(=O)[C@@H](NC(=O)C(C(C)C)N(C)C)C(C)C. The van der Waals surface area contributed by atoms with Gasteiger partial charge in [0.1, 0.15) is 18.1 Å². The number of amides is 6. The first kappa shape index (κ1) is 55.3. The molecule has 6 amide bonds. The van der Waals surface area contributed by atoms with Crippen molar-refractivity contribution in [2.75, 3.05) is 40.8 Å². The molecule has 0 aliphatic carbocycles. The van der Waals surface area contributed by atoms with Gasteiger partial charge in [-0.25, -0.2) is 0 Å². The average molecular weight is 908 g/mol. The van der Waals surface area contributed by atoms with Crippen LogP contribution in [-0.4, -0.2) is 132 Å². The molecule has 2 heterocycles. The van der Waals surface area contributed by atoms with Crippen molar-refractivity contribution in [2.24, 2.45) is 35.5 Å². The van der Waals surface area contributed by atoms with Crippen LogP contribution in [0.25, 0.3) is 0 Å². The molecule has 10 atom stereocenters. The molecule has 7 unspecified atom stereocenters. The van der Waals surface area contributed by atoms with Crippen LogP contribution in [0.5, 0.6) is 0 Å². The summed E-state index contributed by atoms with van der Waals surface area (Å²) < 4.78 is 0. The molecule has 13 heteroatoms. The van der Waals surface area contributed by atoms with Crippen molar-refractivity contribution in [1.82, 2.24) is 35.6 Å². The average Bonchev–Trinajstić information content (AvgIpc) is 3.97. The maximum atomic E-state index is 14.4. The lowest BCUT2D eigenvalue weighted by molar-refractivity contribution is -0.143. The van der Waals surface area contributed by atoms with Gasteiger partial charge >= 0.3 is 0 Å². The van der Waals surface area contributed by atoms with Crippen LogP contribution in [0.3, 0.4) is 0 Å². The van der Waals surface area contributed by atoms with Gasteiger partial charge in [-0.1, -0.05) is 132 Å². The molecule has 2 fully saturated rings. The first-order valence-corrected chi connectivity index (χ1v) is 25.2. The van der Waals surface area contributed by atoms with Crippen molar-refractivity contribution >= 4 is 35.4 Å². The number of nitrogens with zero attached hydrogens (tertiary/aromatic N) is 4. The third kappa shape index (κ3) is 15.5. The lowest BCUT2D eigenvalue weighted by Gasteiger charge is -2.40. The van der Waals surface area contributed by atoms with Crippen molar-refractivity contribution in [3.05, 3.63) is 35.9 Å². The van der Waals surface area contributed by atoms with Gasteiger partial charge in [-0.2, -0.15) is 0 Å². The number of rotatable bonds is 26. The van der Waals surface area contributed by atoms with Gasteiger partial charge in [0.2, 0.25) is 35.4 Å². The normalized spacial score (nSPS) is 20.2. The smallest absolute Gasteiger partial charge is 0.246 e. The second-order valence-electron chi connectivity index (χ2n) is 20.5. The molecule has 0 aromatic heterocycles. The van der Waals surface area contributed by atoms with E-state index >= 15 is 0 Å². The van der Waals surface area contributed by atoms with Crippen molar-refractivity contribution in [3.63, 3.8) is 0 Å². The predicted octanol–water partition coefficient (Wildman–Crippen LogP) is 6.68. The molecule has 3 N–H and O–H groups in total. The molecular weight excluding hydrogens is 819 g/mol. The molecule has 1 aromatic rings. The fourth-order valence-corrected chi connectivity index (χ4v) is 10.5. The van der Waals surface area contributed by atoms with Crippen LogP contribution in [0, 0.1) is 35.5 Å². The number of hydrogen-bond acceptors (Lipinski definition) is 7. The minimum absolute atomic E-state index is 0.00419. The molecule has 1 aromatic carbocycles.